The van der Waals surface area contributed by atoms with Gasteiger partial charge in [-0.1, -0.05) is 31.0 Å². The van der Waals surface area contributed by atoms with Gasteiger partial charge in [-0.3, -0.25) is 9.78 Å². The molecule has 0 saturated heterocycles. The van der Waals surface area contributed by atoms with E-state index < -0.39 is 0 Å². The fourth-order valence-corrected chi connectivity index (χ4v) is 3.27. The average Bonchev–Trinajstić information content (AvgIpc) is 3.13. The summed E-state index contributed by atoms with van der Waals surface area (Å²) in [4.78, 5) is 21.2. The molecule has 32 heavy (non-hydrogen) atoms. The predicted octanol–water partition coefficient (Wildman–Crippen LogP) is 2.80. The van der Waals surface area contributed by atoms with Crippen LogP contribution >= 0.6 is 0 Å². The standard InChI is InChI=1S/C24H22N6O2/c1-17(15-31)14-30-16-27-29-23(30)19-5-2-8-21(11-19)28-24(32)22-12-18(6-4-10-26-22)20-7-3-9-25-13-20/h2-3,5,7-9,11-13,16-17,31H,6,14-15H2,1H3,(H,28,32)/t17-/m0/s1. The Hall–Kier alpha value is -4.09. The molecule has 1 aliphatic heterocycles. The zero-order valence-electron chi connectivity index (χ0n) is 17.6. The third-order valence-electron chi connectivity index (χ3n) is 4.92. The minimum atomic E-state index is -0.352. The number of aliphatic hydroxyl groups excluding tert-OH is 1. The molecule has 0 radical (unpaired) electrons. The van der Waals surface area contributed by atoms with Crippen LogP contribution in [0.2, 0.25) is 0 Å². The van der Waals surface area contributed by atoms with Gasteiger partial charge in [0.2, 0.25) is 0 Å². The number of aliphatic hydroxyl groups is 1. The number of aromatic nitrogens is 4. The number of nitrogens with zero attached hydrogens (tertiary/aromatic N) is 5. The second kappa shape index (κ2) is 9.81. The Morgan fingerprint density at radius 1 is 1.28 bits per heavy atom. The van der Waals surface area contributed by atoms with Gasteiger partial charge in [0, 0.05) is 49.3 Å². The molecule has 1 atom stereocenters. The van der Waals surface area contributed by atoms with Crippen LogP contribution in [0.4, 0.5) is 5.69 Å². The van der Waals surface area contributed by atoms with E-state index in [9.17, 15) is 9.90 Å². The third-order valence-corrected chi connectivity index (χ3v) is 4.92. The smallest absolute Gasteiger partial charge is 0.275 e. The van der Waals surface area contributed by atoms with E-state index in [1.165, 1.54) is 0 Å². The van der Waals surface area contributed by atoms with Gasteiger partial charge in [-0.15, -0.1) is 10.2 Å². The van der Waals surface area contributed by atoms with Crippen LogP contribution in [-0.4, -0.2) is 43.1 Å². The molecule has 0 fully saturated rings. The van der Waals surface area contributed by atoms with Crippen molar-refractivity contribution >= 4 is 22.9 Å². The summed E-state index contributed by atoms with van der Waals surface area (Å²) in [6, 6.07) is 13.8. The number of carbonyl (C=O) groups is 1. The SMILES string of the molecule is C[C@H](CO)Cn1cnnc1-c1cccc(NC(=O)C2=NC#CCC(c3cccnc3)=C2)c1. The van der Waals surface area contributed by atoms with Crippen LogP contribution in [0.1, 0.15) is 18.9 Å². The number of anilines is 1. The van der Waals surface area contributed by atoms with E-state index in [0.29, 0.717) is 24.5 Å². The van der Waals surface area contributed by atoms with Crippen molar-refractivity contribution < 1.29 is 9.90 Å². The number of amides is 1. The molecule has 3 aromatic rings. The van der Waals surface area contributed by atoms with Crippen LogP contribution in [0.3, 0.4) is 0 Å². The van der Waals surface area contributed by atoms with E-state index in [2.05, 4.69) is 37.5 Å². The molecule has 2 N–H and O–H groups in total. The highest BCUT2D eigenvalue weighted by atomic mass is 16.3. The summed E-state index contributed by atoms with van der Waals surface area (Å²) < 4.78 is 1.88. The number of allylic oxidation sites excluding steroid dienone is 1. The molecule has 1 aliphatic rings. The van der Waals surface area contributed by atoms with Crippen molar-refractivity contribution in [2.24, 2.45) is 10.9 Å². The maximum absolute atomic E-state index is 12.9. The van der Waals surface area contributed by atoms with Crippen molar-refractivity contribution in [3.05, 3.63) is 66.8 Å². The molecule has 8 heteroatoms. The lowest BCUT2D eigenvalue weighted by Gasteiger charge is -2.12. The van der Waals surface area contributed by atoms with Crippen molar-refractivity contribution in [3.8, 4) is 23.4 Å². The highest BCUT2D eigenvalue weighted by molar-refractivity contribution is 6.48. The fourth-order valence-electron chi connectivity index (χ4n) is 3.27. The number of nitrogens with one attached hydrogen (secondary N) is 1. The molecule has 1 amide bonds. The van der Waals surface area contributed by atoms with Gasteiger partial charge in [-0.25, -0.2) is 0 Å². The number of carbonyl (C=O) groups excluding carboxylic acids is 1. The van der Waals surface area contributed by atoms with Crippen LogP contribution in [0.25, 0.3) is 17.0 Å². The Balaban J connectivity index is 1.54. The molecule has 0 unspecified atom stereocenters. The van der Waals surface area contributed by atoms with Gasteiger partial charge in [0.25, 0.3) is 5.91 Å². The summed E-state index contributed by atoms with van der Waals surface area (Å²) in [6.45, 7) is 2.62. The molecule has 1 aromatic carbocycles. The van der Waals surface area contributed by atoms with Crippen LogP contribution in [0.5, 0.6) is 0 Å². The Bertz CT molecular complexity index is 1230. The Kier molecular flexibility index (Phi) is 6.49. The van der Waals surface area contributed by atoms with Gasteiger partial charge >= 0.3 is 0 Å². The Morgan fingerprint density at radius 3 is 2.97 bits per heavy atom. The highest BCUT2D eigenvalue weighted by Gasteiger charge is 2.15. The second-order valence-electron chi connectivity index (χ2n) is 7.50. The van der Waals surface area contributed by atoms with Crippen LogP contribution < -0.4 is 5.32 Å². The zero-order valence-corrected chi connectivity index (χ0v) is 17.6. The number of hydrogen-bond donors (Lipinski definition) is 2. The first-order chi connectivity index (χ1) is 15.6. The molecular formula is C24H22N6O2. The first-order valence-electron chi connectivity index (χ1n) is 10.2. The first-order valence-corrected chi connectivity index (χ1v) is 10.2. The van der Waals surface area contributed by atoms with E-state index in [1.54, 1.807) is 30.9 Å². The summed E-state index contributed by atoms with van der Waals surface area (Å²) in [5.74, 6) is 3.33. The van der Waals surface area contributed by atoms with E-state index in [1.807, 2.05) is 41.8 Å². The van der Waals surface area contributed by atoms with Gasteiger partial charge in [0.15, 0.2) is 5.82 Å². The van der Waals surface area contributed by atoms with E-state index in [-0.39, 0.29) is 24.1 Å². The van der Waals surface area contributed by atoms with Gasteiger partial charge < -0.3 is 15.0 Å². The predicted molar refractivity (Wildman–Crippen MR) is 122 cm³/mol. The maximum atomic E-state index is 12.9. The van der Waals surface area contributed by atoms with Gasteiger partial charge in [0.05, 0.1) is 0 Å². The molecule has 0 saturated carbocycles. The lowest BCUT2D eigenvalue weighted by Crippen LogP contribution is -2.21. The van der Waals surface area contributed by atoms with Crippen molar-refractivity contribution in [3.63, 3.8) is 0 Å². The number of hydrogen-bond acceptors (Lipinski definition) is 6. The normalized spacial score (nSPS) is 13.8. The molecule has 160 valence electrons. The van der Waals surface area contributed by atoms with E-state index in [4.69, 9.17) is 0 Å². The van der Waals surface area contributed by atoms with Gasteiger partial charge in [-0.05, 0) is 41.3 Å². The van der Waals surface area contributed by atoms with E-state index >= 15 is 0 Å². The number of rotatable bonds is 7. The summed E-state index contributed by atoms with van der Waals surface area (Å²) >= 11 is 0. The minimum absolute atomic E-state index is 0.0720. The highest BCUT2D eigenvalue weighted by Crippen LogP contribution is 2.22. The lowest BCUT2D eigenvalue weighted by molar-refractivity contribution is -0.110. The van der Waals surface area contributed by atoms with Gasteiger partial charge in [0.1, 0.15) is 12.0 Å². The first kappa shape index (κ1) is 21.2. The molecule has 0 aliphatic carbocycles. The summed E-state index contributed by atoms with van der Waals surface area (Å²) in [7, 11) is 0. The molecular weight excluding hydrogens is 404 g/mol. The summed E-state index contributed by atoms with van der Waals surface area (Å²) in [5, 5.41) is 20.4. The molecule has 3 heterocycles. The number of pyridine rings is 1. The fraction of sp³-hybridized carbons (Fsp3) is 0.208. The molecule has 2 aromatic heterocycles. The van der Waals surface area contributed by atoms with Crippen molar-refractivity contribution in [1.29, 1.82) is 0 Å². The van der Waals surface area contributed by atoms with Crippen molar-refractivity contribution in [2.75, 3.05) is 11.9 Å². The minimum Gasteiger partial charge on any atom is -0.396 e. The van der Waals surface area contributed by atoms with Crippen molar-refractivity contribution in [2.45, 2.75) is 19.9 Å². The Labute approximate surface area is 185 Å². The second-order valence-corrected chi connectivity index (χ2v) is 7.50. The van der Waals surface area contributed by atoms with Gasteiger partial charge in [-0.2, -0.15) is 4.99 Å². The monoisotopic (exact) mass is 426 g/mol. The van der Waals surface area contributed by atoms with Crippen LogP contribution in [0.15, 0.2) is 66.2 Å². The summed E-state index contributed by atoms with van der Waals surface area (Å²) in [6.07, 6.45) is 7.30. The van der Waals surface area contributed by atoms with Crippen LogP contribution in [0, 0.1) is 17.9 Å². The number of aliphatic imine (C=N–C) groups is 1. The molecule has 0 bridgehead atoms. The maximum Gasteiger partial charge on any atom is 0.275 e. The molecule has 8 nitrogen and oxygen atoms in total. The quantitative estimate of drug-likeness (QED) is 0.565. The largest absolute Gasteiger partial charge is 0.396 e. The molecule has 4 rings (SSSR count). The Morgan fingerprint density at radius 2 is 2.16 bits per heavy atom. The third kappa shape index (κ3) is 4.96. The average molecular weight is 426 g/mol. The number of benzene rings is 1. The topological polar surface area (TPSA) is 105 Å². The zero-order chi connectivity index (χ0) is 22.3. The van der Waals surface area contributed by atoms with Crippen molar-refractivity contribution in [1.82, 2.24) is 19.7 Å². The van der Waals surface area contributed by atoms with Crippen LogP contribution in [-0.2, 0) is 11.3 Å². The van der Waals surface area contributed by atoms with E-state index in [0.717, 1.165) is 16.7 Å². The summed E-state index contributed by atoms with van der Waals surface area (Å²) in [5.41, 5.74) is 3.44. The molecule has 0 spiro atoms. The lowest BCUT2D eigenvalue weighted by atomic mass is 10.0.